The minimum absolute atomic E-state index is 0.125. The molecular formula is C10H16F2O. The van der Waals surface area contributed by atoms with Crippen molar-refractivity contribution in [3.63, 3.8) is 0 Å². The van der Waals surface area contributed by atoms with E-state index in [1.807, 2.05) is 0 Å². The maximum absolute atomic E-state index is 12.0. The van der Waals surface area contributed by atoms with Crippen LogP contribution in [0.15, 0.2) is 12.2 Å². The topological polar surface area (TPSA) is 17.1 Å². The monoisotopic (exact) mass is 190 g/mol. The highest BCUT2D eigenvalue weighted by molar-refractivity contribution is 5.93. The van der Waals surface area contributed by atoms with E-state index >= 15 is 0 Å². The largest absolute Gasteiger partial charge is 0.294 e. The van der Waals surface area contributed by atoms with Gasteiger partial charge in [-0.15, -0.1) is 0 Å². The first-order chi connectivity index (χ1) is 5.75. The van der Waals surface area contributed by atoms with Crippen molar-refractivity contribution in [2.75, 3.05) is 0 Å². The van der Waals surface area contributed by atoms with Gasteiger partial charge in [-0.3, -0.25) is 4.79 Å². The van der Waals surface area contributed by atoms with Gasteiger partial charge in [-0.25, -0.2) is 8.78 Å². The van der Waals surface area contributed by atoms with E-state index in [4.69, 9.17) is 0 Å². The number of rotatable bonds is 3. The highest BCUT2D eigenvalue weighted by Crippen LogP contribution is 2.17. The zero-order valence-electron chi connectivity index (χ0n) is 8.47. The molecule has 0 fully saturated rings. The second-order valence-electron chi connectivity index (χ2n) is 4.17. The molecule has 13 heavy (non-hydrogen) atoms. The standard InChI is InChI=1S/C10H16F2O/c1-7(9(11)12)5-6-8(13)10(2,3)4/h5-7,9H,1-4H3/b6-5+. The van der Waals surface area contributed by atoms with E-state index in [-0.39, 0.29) is 5.78 Å². The predicted molar refractivity (Wildman–Crippen MR) is 48.8 cm³/mol. The lowest BCUT2D eigenvalue weighted by Crippen LogP contribution is -2.17. The first-order valence-electron chi connectivity index (χ1n) is 4.26. The molecular weight excluding hydrogens is 174 g/mol. The molecule has 1 nitrogen and oxygen atoms in total. The van der Waals surface area contributed by atoms with E-state index in [2.05, 4.69) is 0 Å². The Morgan fingerprint density at radius 1 is 1.31 bits per heavy atom. The Balaban J connectivity index is 4.21. The van der Waals surface area contributed by atoms with E-state index in [1.165, 1.54) is 19.1 Å². The molecule has 1 atom stereocenters. The summed E-state index contributed by atoms with van der Waals surface area (Å²) in [7, 11) is 0. The van der Waals surface area contributed by atoms with Gasteiger partial charge in [-0.1, -0.05) is 33.8 Å². The van der Waals surface area contributed by atoms with Gasteiger partial charge in [0.05, 0.1) is 0 Å². The van der Waals surface area contributed by atoms with Crippen LogP contribution in [0.4, 0.5) is 8.78 Å². The lowest BCUT2D eigenvalue weighted by molar-refractivity contribution is -0.121. The average Bonchev–Trinajstić information content (AvgIpc) is 1.97. The molecule has 0 heterocycles. The molecule has 0 radical (unpaired) electrons. The fraction of sp³-hybridized carbons (Fsp3) is 0.700. The van der Waals surface area contributed by atoms with Crippen molar-refractivity contribution >= 4 is 5.78 Å². The highest BCUT2D eigenvalue weighted by Gasteiger charge is 2.19. The summed E-state index contributed by atoms with van der Waals surface area (Å²) in [5, 5.41) is 0. The minimum atomic E-state index is -2.40. The number of ketones is 1. The predicted octanol–water partition coefficient (Wildman–Crippen LogP) is 3.06. The van der Waals surface area contributed by atoms with E-state index in [9.17, 15) is 13.6 Å². The Kier molecular flexibility index (Phi) is 4.24. The molecule has 0 rings (SSSR count). The first-order valence-corrected chi connectivity index (χ1v) is 4.26. The molecule has 0 aliphatic carbocycles. The zero-order chi connectivity index (χ0) is 10.6. The summed E-state index contributed by atoms with van der Waals surface area (Å²) in [4.78, 5) is 11.3. The van der Waals surface area contributed by atoms with Gasteiger partial charge < -0.3 is 0 Å². The Bertz CT molecular complexity index is 201. The first kappa shape index (κ1) is 12.3. The lowest BCUT2D eigenvalue weighted by atomic mass is 9.90. The minimum Gasteiger partial charge on any atom is -0.294 e. The van der Waals surface area contributed by atoms with Crippen molar-refractivity contribution in [3.05, 3.63) is 12.2 Å². The summed E-state index contributed by atoms with van der Waals surface area (Å²) in [6, 6.07) is 0. The summed E-state index contributed by atoms with van der Waals surface area (Å²) < 4.78 is 24.0. The van der Waals surface area contributed by atoms with Gasteiger partial charge in [0.25, 0.3) is 0 Å². The van der Waals surface area contributed by atoms with Crippen LogP contribution in [0, 0.1) is 11.3 Å². The normalized spacial score (nSPS) is 15.3. The van der Waals surface area contributed by atoms with Gasteiger partial charge in [0.1, 0.15) is 0 Å². The SMILES string of the molecule is CC(/C=C/C(=O)C(C)(C)C)C(F)F. The van der Waals surface area contributed by atoms with Gasteiger partial charge in [0, 0.05) is 11.3 Å². The summed E-state index contributed by atoms with van der Waals surface area (Å²) in [6.07, 6.45) is 0.110. The fourth-order valence-corrected chi connectivity index (χ4v) is 0.573. The van der Waals surface area contributed by atoms with Crippen molar-refractivity contribution in [2.45, 2.75) is 34.1 Å². The van der Waals surface area contributed by atoms with Gasteiger partial charge in [0.15, 0.2) is 5.78 Å². The molecule has 3 heteroatoms. The van der Waals surface area contributed by atoms with Crippen molar-refractivity contribution < 1.29 is 13.6 Å². The van der Waals surface area contributed by atoms with E-state index in [0.717, 1.165) is 0 Å². The molecule has 0 saturated carbocycles. The quantitative estimate of drug-likeness (QED) is 0.625. The fourth-order valence-electron chi connectivity index (χ4n) is 0.573. The van der Waals surface area contributed by atoms with Crippen molar-refractivity contribution in [1.82, 2.24) is 0 Å². The van der Waals surface area contributed by atoms with Gasteiger partial charge >= 0.3 is 0 Å². The molecule has 0 aromatic rings. The molecule has 0 N–H and O–H groups in total. The average molecular weight is 190 g/mol. The van der Waals surface area contributed by atoms with Gasteiger partial charge in [-0.05, 0) is 6.08 Å². The second kappa shape index (κ2) is 4.49. The molecule has 0 aliphatic rings. The van der Waals surface area contributed by atoms with Crippen LogP contribution in [0.25, 0.3) is 0 Å². The van der Waals surface area contributed by atoms with Crippen LogP contribution in [0.3, 0.4) is 0 Å². The van der Waals surface area contributed by atoms with Crippen molar-refractivity contribution in [3.8, 4) is 0 Å². The van der Waals surface area contributed by atoms with Gasteiger partial charge in [0.2, 0.25) is 6.43 Å². The van der Waals surface area contributed by atoms with Crippen LogP contribution in [-0.2, 0) is 4.79 Å². The second-order valence-corrected chi connectivity index (χ2v) is 4.17. The maximum Gasteiger partial charge on any atom is 0.244 e. The zero-order valence-corrected chi connectivity index (χ0v) is 8.47. The molecule has 0 aromatic carbocycles. The molecule has 0 aromatic heterocycles. The number of hydrogen-bond donors (Lipinski definition) is 0. The Labute approximate surface area is 77.8 Å². The highest BCUT2D eigenvalue weighted by atomic mass is 19.3. The molecule has 0 spiro atoms. The van der Waals surface area contributed by atoms with Crippen LogP contribution in [0.2, 0.25) is 0 Å². The molecule has 1 unspecified atom stereocenters. The Hall–Kier alpha value is -0.730. The Morgan fingerprint density at radius 3 is 2.08 bits per heavy atom. The van der Waals surface area contributed by atoms with E-state index in [0.29, 0.717) is 0 Å². The number of hydrogen-bond acceptors (Lipinski definition) is 1. The molecule has 0 saturated heterocycles. The molecule has 0 bridgehead atoms. The molecule has 0 aliphatic heterocycles. The Morgan fingerprint density at radius 2 is 1.77 bits per heavy atom. The summed E-state index contributed by atoms with van der Waals surface area (Å²) in [6.45, 7) is 6.66. The lowest BCUT2D eigenvalue weighted by Gasteiger charge is -2.13. The van der Waals surface area contributed by atoms with Crippen LogP contribution in [-0.4, -0.2) is 12.2 Å². The number of carbonyl (C=O) groups excluding carboxylic acids is 1. The molecule has 76 valence electrons. The molecule has 0 amide bonds. The summed E-state index contributed by atoms with van der Waals surface area (Å²) in [5.41, 5.74) is -0.488. The smallest absolute Gasteiger partial charge is 0.244 e. The third-order valence-corrected chi connectivity index (χ3v) is 1.69. The van der Waals surface area contributed by atoms with Crippen LogP contribution < -0.4 is 0 Å². The van der Waals surface area contributed by atoms with Gasteiger partial charge in [-0.2, -0.15) is 0 Å². The number of halogens is 2. The van der Waals surface area contributed by atoms with Crippen molar-refractivity contribution in [1.29, 1.82) is 0 Å². The summed E-state index contributed by atoms with van der Waals surface area (Å²) >= 11 is 0. The summed E-state index contributed by atoms with van der Waals surface area (Å²) in [5.74, 6) is -0.980. The number of allylic oxidation sites excluding steroid dienone is 2. The van der Waals surface area contributed by atoms with E-state index < -0.39 is 17.8 Å². The van der Waals surface area contributed by atoms with Crippen LogP contribution in [0.1, 0.15) is 27.7 Å². The van der Waals surface area contributed by atoms with E-state index in [1.54, 1.807) is 20.8 Å². The number of alkyl halides is 2. The third-order valence-electron chi connectivity index (χ3n) is 1.69. The third kappa shape index (κ3) is 4.76. The number of carbonyl (C=O) groups is 1. The van der Waals surface area contributed by atoms with Crippen molar-refractivity contribution in [2.24, 2.45) is 11.3 Å². The van der Waals surface area contributed by atoms with Crippen LogP contribution >= 0.6 is 0 Å². The maximum atomic E-state index is 12.0. The van der Waals surface area contributed by atoms with Crippen LogP contribution in [0.5, 0.6) is 0 Å².